The van der Waals surface area contributed by atoms with Crippen molar-refractivity contribution in [2.45, 2.75) is 19.8 Å². The second kappa shape index (κ2) is 7.91. The zero-order valence-corrected chi connectivity index (χ0v) is 11.8. The molecule has 1 heterocycles. The van der Waals surface area contributed by atoms with Gasteiger partial charge in [-0.15, -0.1) is 0 Å². The Labute approximate surface area is 114 Å². The molecule has 0 radical (unpaired) electrons. The molecule has 0 spiro atoms. The summed E-state index contributed by atoms with van der Waals surface area (Å²) in [6, 6.07) is 0. The first-order valence-electron chi connectivity index (χ1n) is 6.70. The molecule has 0 saturated carbocycles. The van der Waals surface area contributed by atoms with Crippen LogP contribution in [0.3, 0.4) is 0 Å². The van der Waals surface area contributed by atoms with Crippen LogP contribution in [0.2, 0.25) is 0 Å². The van der Waals surface area contributed by atoms with Crippen molar-refractivity contribution < 1.29 is 9.53 Å². The van der Waals surface area contributed by atoms with Crippen molar-refractivity contribution in [3.8, 4) is 0 Å². The smallest absolute Gasteiger partial charge is 0.354 e. The van der Waals surface area contributed by atoms with Crippen LogP contribution in [0.4, 0.5) is 0 Å². The van der Waals surface area contributed by atoms with E-state index in [0.29, 0.717) is 44.1 Å². The molecule has 0 atom stereocenters. The van der Waals surface area contributed by atoms with Gasteiger partial charge in [-0.3, -0.25) is 0 Å². The molecule has 0 aliphatic carbocycles. The standard InChI is InChI=1S/C13H24N4O2/c1-3-19-13(18)12(16-7-4-6-14)10-9-17(2)8-5-11(10)15/h15-16H,3-9,14H2,1-2H3/b12-10-,15-11?. The monoisotopic (exact) mass is 268 g/mol. The molecule has 0 unspecified atom stereocenters. The summed E-state index contributed by atoms with van der Waals surface area (Å²) in [5.41, 5.74) is 7.13. The molecule has 0 aromatic rings. The van der Waals surface area contributed by atoms with Gasteiger partial charge in [0.2, 0.25) is 0 Å². The van der Waals surface area contributed by atoms with Crippen LogP contribution in [0.15, 0.2) is 11.3 Å². The van der Waals surface area contributed by atoms with E-state index >= 15 is 0 Å². The molecule has 0 aromatic carbocycles. The quantitative estimate of drug-likeness (QED) is 0.361. The highest BCUT2D eigenvalue weighted by molar-refractivity contribution is 6.05. The van der Waals surface area contributed by atoms with Gasteiger partial charge in [0.15, 0.2) is 0 Å². The summed E-state index contributed by atoms with van der Waals surface area (Å²) in [4.78, 5) is 14.1. The van der Waals surface area contributed by atoms with Gasteiger partial charge in [-0.1, -0.05) is 0 Å². The number of likely N-dealkylation sites (N-methyl/N-ethyl adjacent to an activating group) is 1. The number of piperidine rings is 1. The summed E-state index contributed by atoms with van der Waals surface area (Å²) in [7, 11) is 1.98. The number of esters is 1. The summed E-state index contributed by atoms with van der Waals surface area (Å²) in [6.45, 7) is 4.74. The molecule has 108 valence electrons. The predicted molar refractivity (Wildman–Crippen MR) is 75.2 cm³/mol. The Morgan fingerprint density at radius 2 is 2.32 bits per heavy atom. The molecule has 4 N–H and O–H groups in total. The van der Waals surface area contributed by atoms with Gasteiger partial charge in [0.25, 0.3) is 0 Å². The first kappa shape index (κ1) is 15.7. The van der Waals surface area contributed by atoms with Crippen molar-refractivity contribution in [2.75, 3.05) is 39.8 Å². The number of rotatable bonds is 6. The summed E-state index contributed by atoms with van der Waals surface area (Å²) >= 11 is 0. The Balaban J connectivity index is 2.90. The molecule has 6 nitrogen and oxygen atoms in total. The van der Waals surface area contributed by atoms with Crippen molar-refractivity contribution in [2.24, 2.45) is 5.73 Å². The van der Waals surface area contributed by atoms with Crippen molar-refractivity contribution in [1.29, 1.82) is 5.41 Å². The second-order valence-electron chi connectivity index (χ2n) is 4.61. The maximum absolute atomic E-state index is 12.0. The fourth-order valence-electron chi connectivity index (χ4n) is 1.95. The molecule has 1 aliphatic heterocycles. The number of nitrogens with two attached hydrogens (primary N) is 1. The van der Waals surface area contributed by atoms with Crippen LogP contribution in [0.1, 0.15) is 19.8 Å². The third-order valence-electron chi connectivity index (χ3n) is 3.00. The van der Waals surface area contributed by atoms with E-state index in [9.17, 15) is 4.79 Å². The highest BCUT2D eigenvalue weighted by Crippen LogP contribution is 2.15. The van der Waals surface area contributed by atoms with Gasteiger partial charge < -0.3 is 26.1 Å². The molecule has 19 heavy (non-hydrogen) atoms. The lowest BCUT2D eigenvalue weighted by Gasteiger charge is -2.27. The van der Waals surface area contributed by atoms with Gasteiger partial charge in [0.1, 0.15) is 5.70 Å². The number of hydrogen-bond donors (Lipinski definition) is 3. The molecule has 1 fully saturated rings. The SMILES string of the molecule is CCOC(=O)/C(NCCCN)=C1\CN(C)CCC1=N. The molecule has 1 aliphatic rings. The van der Waals surface area contributed by atoms with E-state index in [1.807, 2.05) is 7.05 Å². The average Bonchev–Trinajstić information content (AvgIpc) is 2.38. The largest absolute Gasteiger partial charge is 0.461 e. The van der Waals surface area contributed by atoms with Crippen LogP contribution < -0.4 is 11.1 Å². The van der Waals surface area contributed by atoms with E-state index in [-0.39, 0.29) is 5.97 Å². The summed E-state index contributed by atoms with van der Waals surface area (Å²) in [5, 5.41) is 11.1. The molecular weight excluding hydrogens is 244 g/mol. The highest BCUT2D eigenvalue weighted by Gasteiger charge is 2.24. The molecule has 1 rings (SSSR count). The lowest BCUT2D eigenvalue weighted by atomic mass is 10.0. The van der Waals surface area contributed by atoms with Crippen LogP contribution in [-0.2, 0) is 9.53 Å². The Morgan fingerprint density at radius 1 is 1.58 bits per heavy atom. The summed E-state index contributed by atoms with van der Waals surface area (Å²) in [5.74, 6) is -0.380. The fourth-order valence-corrected chi connectivity index (χ4v) is 1.95. The number of likely N-dealkylation sites (tertiary alicyclic amines) is 1. The number of nitrogens with one attached hydrogen (secondary N) is 2. The molecule has 0 aromatic heterocycles. The van der Waals surface area contributed by atoms with Crippen LogP contribution >= 0.6 is 0 Å². The number of nitrogens with zero attached hydrogens (tertiary/aromatic N) is 1. The minimum Gasteiger partial charge on any atom is -0.461 e. The average molecular weight is 268 g/mol. The van der Waals surface area contributed by atoms with Gasteiger partial charge in [0, 0.05) is 37.3 Å². The Hall–Kier alpha value is -1.40. The maximum Gasteiger partial charge on any atom is 0.354 e. The highest BCUT2D eigenvalue weighted by atomic mass is 16.5. The Kier molecular flexibility index (Phi) is 6.52. The minimum absolute atomic E-state index is 0.331. The second-order valence-corrected chi connectivity index (χ2v) is 4.61. The van der Waals surface area contributed by atoms with Crippen molar-refractivity contribution >= 4 is 11.7 Å². The molecule has 0 amide bonds. The van der Waals surface area contributed by atoms with E-state index < -0.39 is 0 Å². The zero-order valence-electron chi connectivity index (χ0n) is 11.8. The molecule has 6 heteroatoms. The van der Waals surface area contributed by atoms with Gasteiger partial charge in [-0.25, -0.2) is 4.79 Å². The van der Waals surface area contributed by atoms with Crippen LogP contribution in [0, 0.1) is 5.41 Å². The van der Waals surface area contributed by atoms with Crippen molar-refractivity contribution in [3.05, 3.63) is 11.3 Å². The lowest BCUT2D eigenvalue weighted by Crippen LogP contribution is -2.37. The van der Waals surface area contributed by atoms with E-state index in [2.05, 4.69) is 10.2 Å². The summed E-state index contributed by atoms with van der Waals surface area (Å²) in [6.07, 6.45) is 1.44. The van der Waals surface area contributed by atoms with Gasteiger partial charge in [0.05, 0.1) is 6.61 Å². The predicted octanol–water partition coefficient (Wildman–Crippen LogP) is 0.0973. The summed E-state index contributed by atoms with van der Waals surface area (Å²) < 4.78 is 5.07. The molecule has 1 saturated heterocycles. The lowest BCUT2D eigenvalue weighted by molar-refractivity contribution is -0.139. The number of ether oxygens (including phenoxy) is 1. The van der Waals surface area contributed by atoms with Crippen molar-refractivity contribution in [3.63, 3.8) is 0 Å². The van der Waals surface area contributed by atoms with Gasteiger partial charge >= 0.3 is 5.97 Å². The van der Waals surface area contributed by atoms with Gasteiger partial charge in [-0.2, -0.15) is 0 Å². The van der Waals surface area contributed by atoms with E-state index in [1.54, 1.807) is 6.92 Å². The zero-order chi connectivity index (χ0) is 14.3. The number of carbonyl (C=O) groups excluding carboxylic acids is 1. The molecular formula is C13H24N4O2. The van der Waals surface area contributed by atoms with Crippen LogP contribution in [0.25, 0.3) is 0 Å². The first-order chi connectivity index (χ1) is 9.10. The molecule has 0 bridgehead atoms. The van der Waals surface area contributed by atoms with E-state index in [1.165, 1.54) is 0 Å². The van der Waals surface area contributed by atoms with E-state index in [0.717, 1.165) is 18.5 Å². The van der Waals surface area contributed by atoms with Crippen LogP contribution in [0.5, 0.6) is 0 Å². The maximum atomic E-state index is 12.0. The van der Waals surface area contributed by atoms with Crippen molar-refractivity contribution in [1.82, 2.24) is 10.2 Å². The minimum atomic E-state index is -0.380. The normalized spacial score (nSPS) is 19.2. The Bertz CT molecular complexity index is 366. The number of hydrogen-bond acceptors (Lipinski definition) is 6. The first-order valence-corrected chi connectivity index (χ1v) is 6.70. The van der Waals surface area contributed by atoms with E-state index in [4.69, 9.17) is 15.9 Å². The third-order valence-corrected chi connectivity index (χ3v) is 3.00. The van der Waals surface area contributed by atoms with Crippen LogP contribution in [-0.4, -0.2) is 56.4 Å². The number of carbonyl (C=O) groups is 1. The Morgan fingerprint density at radius 3 is 2.95 bits per heavy atom. The van der Waals surface area contributed by atoms with Gasteiger partial charge in [-0.05, 0) is 26.9 Å². The third kappa shape index (κ3) is 4.65. The fraction of sp³-hybridized carbons (Fsp3) is 0.692. The topological polar surface area (TPSA) is 91.4 Å².